The molecule has 0 spiro atoms. The van der Waals surface area contributed by atoms with Gasteiger partial charge in [-0.1, -0.05) is 18.2 Å². The summed E-state index contributed by atoms with van der Waals surface area (Å²) in [7, 11) is 1.86. The van der Waals surface area contributed by atoms with Gasteiger partial charge < -0.3 is 14.5 Å². The Morgan fingerprint density at radius 3 is 2.46 bits per heavy atom. The molecule has 0 unspecified atom stereocenters. The number of benzene rings is 1. The van der Waals surface area contributed by atoms with E-state index in [0.29, 0.717) is 38.2 Å². The van der Waals surface area contributed by atoms with Crippen LogP contribution in [0.1, 0.15) is 18.4 Å². The first-order chi connectivity index (χ1) is 13.6. The molecule has 1 aliphatic heterocycles. The van der Waals surface area contributed by atoms with E-state index in [1.807, 2.05) is 49.5 Å². The number of likely N-dealkylation sites (N-methyl/N-ethyl adjacent to an activating group) is 1. The molecule has 0 bridgehead atoms. The molecule has 2 amide bonds. The summed E-state index contributed by atoms with van der Waals surface area (Å²) in [4.78, 5) is 32.6. The van der Waals surface area contributed by atoms with E-state index < -0.39 is 0 Å². The summed E-state index contributed by atoms with van der Waals surface area (Å²) in [6, 6.07) is 13.3. The number of ether oxygens (including phenoxy) is 1. The number of amides is 2. The number of rotatable bonds is 7. The Hall–Kier alpha value is -2.89. The van der Waals surface area contributed by atoms with Crippen LogP contribution in [-0.4, -0.2) is 59.9 Å². The maximum absolute atomic E-state index is 12.7. The summed E-state index contributed by atoms with van der Waals surface area (Å²) < 4.78 is 5.54. The molecule has 0 atom stereocenters. The van der Waals surface area contributed by atoms with E-state index in [1.54, 1.807) is 22.2 Å². The van der Waals surface area contributed by atoms with Crippen LogP contribution in [0.5, 0.6) is 5.75 Å². The van der Waals surface area contributed by atoms with Crippen molar-refractivity contribution in [1.29, 1.82) is 0 Å². The molecule has 1 aliphatic rings. The van der Waals surface area contributed by atoms with Gasteiger partial charge in [-0.25, -0.2) is 0 Å². The van der Waals surface area contributed by atoms with E-state index in [-0.39, 0.29) is 24.3 Å². The first kappa shape index (κ1) is 19.9. The van der Waals surface area contributed by atoms with Crippen LogP contribution in [0.15, 0.2) is 54.9 Å². The fraction of sp³-hybridized carbons (Fsp3) is 0.409. The van der Waals surface area contributed by atoms with Crippen LogP contribution in [0.25, 0.3) is 0 Å². The number of aromatic nitrogens is 1. The maximum Gasteiger partial charge on any atom is 0.260 e. The molecule has 0 saturated carbocycles. The number of para-hydroxylation sites is 1. The van der Waals surface area contributed by atoms with Crippen LogP contribution in [0, 0.1) is 5.92 Å². The molecule has 2 aromatic rings. The van der Waals surface area contributed by atoms with Crippen molar-refractivity contribution in [3.05, 3.63) is 60.4 Å². The molecular weight excluding hydrogens is 354 g/mol. The Labute approximate surface area is 166 Å². The van der Waals surface area contributed by atoms with Crippen LogP contribution < -0.4 is 4.74 Å². The second kappa shape index (κ2) is 9.88. The summed E-state index contributed by atoms with van der Waals surface area (Å²) in [5.74, 6) is 0.820. The predicted molar refractivity (Wildman–Crippen MR) is 107 cm³/mol. The highest BCUT2D eigenvalue weighted by molar-refractivity contribution is 5.80. The zero-order valence-electron chi connectivity index (χ0n) is 16.3. The van der Waals surface area contributed by atoms with Gasteiger partial charge in [-0.3, -0.25) is 14.6 Å². The van der Waals surface area contributed by atoms with Gasteiger partial charge in [0.1, 0.15) is 5.75 Å². The molecule has 0 aliphatic carbocycles. The lowest BCUT2D eigenvalue weighted by Crippen LogP contribution is -2.45. The van der Waals surface area contributed by atoms with E-state index >= 15 is 0 Å². The minimum absolute atomic E-state index is 0.0125. The van der Waals surface area contributed by atoms with E-state index in [4.69, 9.17) is 4.74 Å². The number of nitrogens with zero attached hydrogens (tertiary/aromatic N) is 3. The van der Waals surface area contributed by atoms with Crippen LogP contribution in [0.3, 0.4) is 0 Å². The Balaban J connectivity index is 1.40. The molecule has 28 heavy (non-hydrogen) atoms. The Morgan fingerprint density at radius 2 is 1.79 bits per heavy atom. The fourth-order valence-electron chi connectivity index (χ4n) is 3.40. The molecule has 1 saturated heterocycles. The van der Waals surface area contributed by atoms with Crippen molar-refractivity contribution in [2.45, 2.75) is 19.3 Å². The molecule has 2 heterocycles. The zero-order valence-corrected chi connectivity index (χ0v) is 16.3. The van der Waals surface area contributed by atoms with Gasteiger partial charge in [-0.05, 0) is 49.1 Å². The third kappa shape index (κ3) is 5.55. The molecule has 6 heteroatoms. The van der Waals surface area contributed by atoms with E-state index in [2.05, 4.69) is 4.98 Å². The van der Waals surface area contributed by atoms with Gasteiger partial charge in [-0.2, -0.15) is 0 Å². The molecule has 1 aromatic heterocycles. The molecule has 3 rings (SSSR count). The highest BCUT2D eigenvalue weighted by atomic mass is 16.5. The zero-order chi connectivity index (χ0) is 19.8. The summed E-state index contributed by atoms with van der Waals surface area (Å²) in [5, 5.41) is 0. The van der Waals surface area contributed by atoms with Crippen molar-refractivity contribution in [1.82, 2.24) is 14.8 Å². The highest BCUT2D eigenvalue weighted by Gasteiger charge is 2.29. The van der Waals surface area contributed by atoms with Crippen molar-refractivity contribution in [3.63, 3.8) is 0 Å². The normalized spacial score (nSPS) is 14.5. The van der Waals surface area contributed by atoms with Crippen LogP contribution in [-0.2, 0) is 16.0 Å². The average Bonchev–Trinajstić information content (AvgIpc) is 2.77. The number of carbonyl (C=O) groups is 2. The van der Waals surface area contributed by atoms with Crippen molar-refractivity contribution in [3.8, 4) is 5.75 Å². The summed E-state index contributed by atoms with van der Waals surface area (Å²) in [5.41, 5.74) is 1.17. The van der Waals surface area contributed by atoms with Gasteiger partial charge in [0.2, 0.25) is 5.91 Å². The van der Waals surface area contributed by atoms with Crippen LogP contribution in [0.2, 0.25) is 0 Å². The number of carbonyl (C=O) groups excluding carboxylic acids is 2. The minimum Gasteiger partial charge on any atom is -0.484 e. The first-order valence-electron chi connectivity index (χ1n) is 9.73. The van der Waals surface area contributed by atoms with Gasteiger partial charge in [-0.15, -0.1) is 0 Å². The molecule has 6 nitrogen and oxygen atoms in total. The van der Waals surface area contributed by atoms with Crippen molar-refractivity contribution < 1.29 is 14.3 Å². The van der Waals surface area contributed by atoms with Gasteiger partial charge in [0.15, 0.2) is 6.61 Å². The van der Waals surface area contributed by atoms with Gasteiger partial charge in [0.05, 0.1) is 0 Å². The smallest absolute Gasteiger partial charge is 0.260 e. The fourth-order valence-corrected chi connectivity index (χ4v) is 3.40. The third-order valence-electron chi connectivity index (χ3n) is 5.16. The average molecular weight is 381 g/mol. The summed E-state index contributed by atoms with van der Waals surface area (Å²) >= 11 is 0. The topological polar surface area (TPSA) is 62.7 Å². The molecule has 148 valence electrons. The number of likely N-dealkylation sites (tertiary alicyclic amines) is 1. The second-order valence-electron chi connectivity index (χ2n) is 7.12. The number of hydrogen-bond acceptors (Lipinski definition) is 4. The van der Waals surface area contributed by atoms with Crippen LogP contribution in [0.4, 0.5) is 0 Å². The van der Waals surface area contributed by atoms with Gasteiger partial charge in [0, 0.05) is 45.0 Å². The predicted octanol–water partition coefficient (Wildman–Crippen LogP) is 2.40. The molecule has 1 aromatic carbocycles. The summed E-state index contributed by atoms with van der Waals surface area (Å²) in [6.07, 6.45) is 5.76. The third-order valence-corrected chi connectivity index (χ3v) is 5.16. The van der Waals surface area contributed by atoms with E-state index in [9.17, 15) is 9.59 Å². The van der Waals surface area contributed by atoms with Crippen molar-refractivity contribution in [2.24, 2.45) is 5.92 Å². The molecule has 0 N–H and O–H groups in total. The highest BCUT2D eigenvalue weighted by Crippen LogP contribution is 2.20. The van der Waals surface area contributed by atoms with Crippen molar-refractivity contribution in [2.75, 3.05) is 33.3 Å². The Kier molecular flexibility index (Phi) is 7.00. The quantitative estimate of drug-likeness (QED) is 0.739. The number of pyridine rings is 1. The second-order valence-corrected chi connectivity index (χ2v) is 7.12. The van der Waals surface area contributed by atoms with E-state index in [0.717, 1.165) is 6.42 Å². The maximum atomic E-state index is 12.7. The molecule has 1 fully saturated rings. The standard InChI is InChI=1S/C22H27N3O3/c1-24(14-9-18-7-12-23-13-8-18)22(27)19-10-15-25(16-11-19)21(26)17-28-20-5-3-2-4-6-20/h2-8,12-13,19H,9-11,14-17H2,1H3. The minimum atomic E-state index is -0.0270. The Morgan fingerprint density at radius 1 is 1.11 bits per heavy atom. The van der Waals surface area contributed by atoms with Crippen molar-refractivity contribution >= 4 is 11.8 Å². The number of piperidine rings is 1. The molecule has 0 radical (unpaired) electrons. The SMILES string of the molecule is CN(CCc1ccncc1)C(=O)C1CCN(C(=O)COc2ccccc2)CC1. The van der Waals surface area contributed by atoms with Crippen LogP contribution >= 0.6 is 0 Å². The monoisotopic (exact) mass is 381 g/mol. The van der Waals surface area contributed by atoms with E-state index in [1.165, 1.54) is 5.56 Å². The van der Waals surface area contributed by atoms with Gasteiger partial charge in [0.25, 0.3) is 5.91 Å². The van der Waals surface area contributed by atoms with Gasteiger partial charge >= 0.3 is 0 Å². The summed E-state index contributed by atoms with van der Waals surface area (Å²) in [6.45, 7) is 1.93. The lowest BCUT2D eigenvalue weighted by Gasteiger charge is -2.33. The largest absolute Gasteiger partial charge is 0.484 e. The Bertz CT molecular complexity index is 759. The lowest BCUT2D eigenvalue weighted by atomic mass is 9.95. The molecular formula is C22H27N3O3. The number of hydrogen-bond donors (Lipinski definition) is 0. The lowest BCUT2D eigenvalue weighted by molar-refractivity contribution is -0.140. The first-order valence-corrected chi connectivity index (χ1v) is 9.73.